The third-order valence-corrected chi connectivity index (χ3v) is 6.94. The lowest BCUT2D eigenvalue weighted by Gasteiger charge is -2.43. The fourth-order valence-electron chi connectivity index (χ4n) is 4.15. The Hall–Kier alpha value is -2.71. The average molecular weight is 747 g/mol. The van der Waals surface area contributed by atoms with Crippen molar-refractivity contribution in [1.82, 2.24) is 14.9 Å². The largest absolute Gasteiger partial charge is 0.460 e. The van der Waals surface area contributed by atoms with Crippen LogP contribution in [-0.4, -0.2) is 105 Å². The van der Waals surface area contributed by atoms with E-state index < -0.39 is 109 Å². The van der Waals surface area contributed by atoms with E-state index in [0.717, 1.165) is 12.3 Å². The third kappa shape index (κ3) is 6.60. The van der Waals surface area contributed by atoms with Gasteiger partial charge in [0.05, 0.1) is 12.7 Å². The lowest BCUT2D eigenvalue weighted by atomic mass is 9.90. The van der Waals surface area contributed by atoms with E-state index in [1.807, 2.05) is 4.98 Å². The molecule has 1 saturated heterocycles. The number of halogens is 17. The number of alkyl halides is 17. The first-order valence-electron chi connectivity index (χ1n) is 12.8. The molecule has 4 N–H and O–H groups in total. The van der Waals surface area contributed by atoms with Gasteiger partial charge in [-0.25, -0.2) is 10.1 Å². The van der Waals surface area contributed by atoms with Crippen molar-refractivity contribution >= 4 is 0 Å². The highest BCUT2D eigenvalue weighted by atomic mass is 19.4. The number of nitrogens with one attached hydrogen (secondary N) is 2. The van der Waals surface area contributed by atoms with E-state index in [4.69, 9.17) is 9.47 Å². The molecule has 280 valence electrons. The molecule has 5 atom stereocenters. The average Bonchev–Trinajstić information content (AvgIpc) is 3.25. The second-order valence-electron chi connectivity index (χ2n) is 10.1. The molecule has 0 spiro atoms. The van der Waals surface area contributed by atoms with Crippen molar-refractivity contribution in [2.75, 3.05) is 13.2 Å². The lowest BCUT2D eigenvalue weighted by molar-refractivity contribution is -0.463. The molecule has 0 bridgehead atoms. The molecule has 0 aromatic carbocycles. The zero-order chi connectivity index (χ0) is 37.7. The molecule has 0 saturated carbocycles. The topological polar surface area (TPSA) is 126 Å². The number of aliphatic hydroxyl groups is 2. The summed E-state index contributed by atoms with van der Waals surface area (Å²) in [5.41, 5.74) is -2.03. The number of aromatic amines is 1. The van der Waals surface area contributed by atoms with Crippen LogP contribution in [0.4, 0.5) is 74.6 Å². The van der Waals surface area contributed by atoms with Gasteiger partial charge in [-0.3, -0.25) is 14.3 Å². The van der Waals surface area contributed by atoms with Gasteiger partial charge >= 0.3 is 53.4 Å². The molecule has 0 radical (unpaired) electrons. The molecule has 1 fully saturated rings. The van der Waals surface area contributed by atoms with Crippen molar-refractivity contribution in [1.29, 1.82) is 0 Å². The Kier molecular flexibility index (Phi) is 11.4. The summed E-state index contributed by atoms with van der Waals surface area (Å²) in [6, 6.07) is -8.85. The van der Waals surface area contributed by atoms with Crippen LogP contribution in [-0.2, 0) is 9.47 Å². The highest BCUT2D eigenvalue weighted by Gasteiger charge is 2.95. The van der Waals surface area contributed by atoms with Gasteiger partial charge in [-0.1, -0.05) is 6.92 Å². The maximum Gasteiger partial charge on any atom is 0.460 e. The minimum absolute atomic E-state index is 0.0232. The van der Waals surface area contributed by atoms with Crippen LogP contribution in [0.5, 0.6) is 0 Å². The van der Waals surface area contributed by atoms with E-state index in [9.17, 15) is 94.4 Å². The molecule has 0 amide bonds. The van der Waals surface area contributed by atoms with Crippen LogP contribution in [0.1, 0.15) is 26.0 Å². The van der Waals surface area contributed by atoms with Crippen molar-refractivity contribution in [2.24, 2.45) is 0 Å². The zero-order valence-corrected chi connectivity index (χ0v) is 23.3. The number of H-pyrrole nitrogens is 1. The Morgan fingerprint density at radius 3 is 1.77 bits per heavy atom. The fraction of sp³-hybridized carbons (Fsp3) is 0.818. The SMILES string of the molecule is CC[C@H]1O[C@@H](n2ccc(=O)[nH]c2=O)C(OCCC(CO)NC(F)(F)C(F)(F)C(F)(F)C(F)(F)C(F)(F)C(F)(F)C(F)(F)C(F)(F)F)[C@H]1O. The second kappa shape index (κ2) is 13.2. The molecule has 48 heavy (non-hydrogen) atoms. The van der Waals surface area contributed by atoms with Gasteiger partial charge in [-0.2, -0.15) is 74.6 Å². The summed E-state index contributed by atoms with van der Waals surface area (Å²) in [4.78, 5) is 25.2. The highest BCUT2D eigenvalue weighted by Crippen LogP contribution is 2.63. The minimum atomic E-state index is -8.78. The molecular formula is C22H22F17N3O6. The molecule has 1 aliphatic heterocycles. The van der Waals surface area contributed by atoms with Gasteiger partial charge in [0.1, 0.15) is 12.2 Å². The molecule has 1 aliphatic rings. The van der Waals surface area contributed by atoms with Gasteiger partial charge in [-0.15, -0.1) is 0 Å². The molecule has 2 unspecified atom stereocenters. The van der Waals surface area contributed by atoms with Crippen molar-refractivity contribution < 1.29 is 94.3 Å². The van der Waals surface area contributed by atoms with E-state index in [2.05, 4.69) is 0 Å². The predicted molar refractivity (Wildman–Crippen MR) is 121 cm³/mol. The first-order chi connectivity index (χ1) is 21.4. The fourth-order valence-corrected chi connectivity index (χ4v) is 4.15. The molecule has 0 aliphatic carbocycles. The number of nitrogens with zero attached hydrogens (tertiary/aromatic N) is 1. The number of hydrogen-bond acceptors (Lipinski definition) is 7. The number of aromatic nitrogens is 2. The summed E-state index contributed by atoms with van der Waals surface area (Å²) in [5.74, 6) is -51.0. The third-order valence-electron chi connectivity index (χ3n) is 6.94. The smallest absolute Gasteiger partial charge is 0.395 e. The van der Waals surface area contributed by atoms with Gasteiger partial charge in [0.25, 0.3) is 5.56 Å². The number of hydrogen-bond donors (Lipinski definition) is 4. The Balaban J connectivity index is 2.32. The van der Waals surface area contributed by atoms with E-state index in [0.29, 0.717) is 4.57 Å². The lowest BCUT2D eigenvalue weighted by Crippen LogP contribution is -2.76. The number of aliphatic hydroxyl groups excluding tert-OH is 2. The van der Waals surface area contributed by atoms with Crippen LogP contribution < -0.4 is 16.6 Å². The van der Waals surface area contributed by atoms with Crippen LogP contribution in [0.25, 0.3) is 0 Å². The Morgan fingerprint density at radius 1 is 0.854 bits per heavy atom. The first-order valence-corrected chi connectivity index (χ1v) is 12.8. The summed E-state index contributed by atoms with van der Waals surface area (Å²) in [7, 11) is 0. The van der Waals surface area contributed by atoms with E-state index in [1.165, 1.54) is 6.92 Å². The first kappa shape index (κ1) is 41.5. The summed E-state index contributed by atoms with van der Waals surface area (Å²) in [6.07, 6.45) is -14.3. The summed E-state index contributed by atoms with van der Waals surface area (Å²) >= 11 is 0. The van der Waals surface area contributed by atoms with Crippen LogP contribution >= 0.6 is 0 Å². The van der Waals surface area contributed by atoms with Crippen molar-refractivity contribution in [3.05, 3.63) is 33.1 Å². The second-order valence-corrected chi connectivity index (χ2v) is 10.1. The van der Waals surface area contributed by atoms with E-state index in [1.54, 1.807) is 0 Å². The van der Waals surface area contributed by atoms with Crippen molar-refractivity contribution in [3.8, 4) is 0 Å². The number of rotatable bonds is 15. The van der Waals surface area contributed by atoms with Crippen LogP contribution in [0.2, 0.25) is 0 Å². The predicted octanol–water partition coefficient (Wildman–Crippen LogP) is 3.90. The standard InChI is InChI=1S/C22H22F17N3O6/c1-2-9-11(45)12(13(48-9)42-5-3-10(44)40-14(42)46)47-6-4-8(7-43)41-22(38,39)20(33,34)18(29,30)16(25,26)15(23,24)17(27,28)19(31,32)21(35,36)37/h3,5,8-9,11-13,41,43,45H,2,4,6-7H2,1H3,(H,40,44,46)/t8?,9-,11+,12?,13-/m1/s1. The van der Waals surface area contributed by atoms with Crippen molar-refractivity contribution in [2.45, 2.75) is 98.1 Å². The number of ether oxygens (including phenoxy) is 2. The maximum absolute atomic E-state index is 14.3. The Morgan fingerprint density at radius 2 is 1.33 bits per heavy atom. The summed E-state index contributed by atoms with van der Waals surface area (Å²) < 4.78 is 241. The molecule has 1 aromatic heterocycles. The summed E-state index contributed by atoms with van der Waals surface area (Å²) in [6.45, 7) is -1.47. The molecule has 2 heterocycles. The summed E-state index contributed by atoms with van der Waals surface area (Å²) in [5, 5.41) is 19.8. The van der Waals surface area contributed by atoms with Gasteiger partial charge < -0.3 is 19.7 Å². The van der Waals surface area contributed by atoms with Gasteiger partial charge in [0.2, 0.25) is 0 Å². The van der Waals surface area contributed by atoms with Gasteiger partial charge in [0.15, 0.2) is 6.23 Å². The Labute approximate surface area is 254 Å². The van der Waals surface area contributed by atoms with Gasteiger partial charge in [-0.05, 0) is 12.8 Å². The maximum atomic E-state index is 14.3. The molecule has 1 aromatic rings. The Bertz CT molecular complexity index is 1380. The van der Waals surface area contributed by atoms with Gasteiger partial charge in [0, 0.05) is 24.9 Å². The molecule has 9 nitrogen and oxygen atoms in total. The normalized spacial score (nSPS) is 23.1. The monoisotopic (exact) mass is 747 g/mol. The minimum Gasteiger partial charge on any atom is -0.395 e. The van der Waals surface area contributed by atoms with Crippen molar-refractivity contribution in [3.63, 3.8) is 0 Å². The van der Waals surface area contributed by atoms with Crippen LogP contribution in [0.15, 0.2) is 21.9 Å². The van der Waals surface area contributed by atoms with Crippen LogP contribution in [0.3, 0.4) is 0 Å². The van der Waals surface area contributed by atoms with E-state index in [-0.39, 0.29) is 11.7 Å². The quantitative estimate of drug-likeness (QED) is 0.159. The molecule has 2 rings (SSSR count). The highest BCUT2D eigenvalue weighted by molar-refractivity contribution is 5.15. The van der Waals surface area contributed by atoms with E-state index >= 15 is 0 Å². The molecular weight excluding hydrogens is 725 g/mol. The van der Waals surface area contributed by atoms with Crippen LogP contribution in [0, 0.1) is 0 Å². The zero-order valence-electron chi connectivity index (χ0n) is 23.3. The molecule has 26 heteroatoms.